The highest BCUT2D eigenvalue weighted by atomic mass is 16.1. The number of anilines is 1. The van der Waals surface area contributed by atoms with Gasteiger partial charge in [0.1, 0.15) is 17.0 Å². The van der Waals surface area contributed by atoms with Crippen LogP contribution >= 0.6 is 0 Å². The van der Waals surface area contributed by atoms with Crippen LogP contribution in [-0.4, -0.2) is 28.8 Å². The Balaban J connectivity index is 2.16. The summed E-state index contributed by atoms with van der Waals surface area (Å²) in [6.45, 7) is 5.82. The Bertz CT molecular complexity index is 743. The molecule has 2 aromatic rings. The molecule has 110 valence electrons. The van der Waals surface area contributed by atoms with Gasteiger partial charge in [0, 0.05) is 19.3 Å². The Morgan fingerprint density at radius 1 is 1.29 bits per heavy atom. The molecule has 3 rings (SSSR count). The number of piperidine rings is 1. The zero-order chi connectivity index (χ0) is 15.0. The second-order valence-corrected chi connectivity index (χ2v) is 5.88. The number of carbonyl (C=O) groups is 1. The molecule has 1 fully saturated rings. The maximum Gasteiger partial charge on any atom is 0.270 e. The lowest BCUT2D eigenvalue weighted by atomic mass is 9.99. The van der Waals surface area contributed by atoms with Crippen molar-refractivity contribution in [2.75, 3.05) is 18.0 Å². The average Bonchev–Trinajstić information content (AvgIpc) is 2.48. The van der Waals surface area contributed by atoms with Crippen molar-refractivity contribution in [2.24, 2.45) is 5.92 Å². The Morgan fingerprint density at radius 3 is 2.67 bits per heavy atom. The van der Waals surface area contributed by atoms with E-state index in [1.807, 2.05) is 19.1 Å². The van der Waals surface area contributed by atoms with Gasteiger partial charge >= 0.3 is 0 Å². The van der Waals surface area contributed by atoms with Crippen molar-refractivity contribution in [1.29, 1.82) is 0 Å². The van der Waals surface area contributed by atoms with Crippen LogP contribution < -0.4 is 10.5 Å². The fourth-order valence-corrected chi connectivity index (χ4v) is 2.81. The van der Waals surface area contributed by atoms with Crippen LogP contribution in [0, 0.1) is 12.8 Å². The van der Waals surface area contributed by atoms with Crippen molar-refractivity contribution in [3.05, 3.63) is 39.8 Å². The minimum absolute atomic E-state index is 0.160. The zero-order valence-corrected chi connectivity index (χ0v) is 12.4. The number of aromatic nitrogens is 2. The van der Waals surface area contributed by atoms with Crippen molar-refractivity contribution < 1.29 is 4.79 Å². The van der Waals surface area contributed by atoms with Gasteiger partial charge in [0.05, 0.1) is 0 Å². The summed E-state index contributed by atoms with van der Waals surface area (Å²) in [6.07, 6.45) is 4.48. The van der Waals surface area contributed by atoms with E-state index in [0.717, 1.165) is 31.5 Å². The van der Waals surface area contributed by atoms with Crippen LogP contribution in [0.25, 0.3) is 5.65 Å². The lowest BCUT2D eigenvalue weighted by Gasteiger charge is -2.31. The monoisotopic (exact) mass is 285 g/mol. The molecule has 0 atom stereocenters. The Kier molecular flexibility index (Phi) is 3.49. The van der Waals surface area contributed by atoms with Gasteiger partial charge < -0.3 is 4.90 Å². The molecule has 0 amide bonds. The number of carbonyl (C=O) groups excluding carboxylic acids is 1. The number of hydrogen-bond donors (Lipinski definition) is 0. The molecule has 0 spiro atoms. The summed E-state index contributed by atoms with van der Waals surface area (Å²) in [5.41, 5.74) is 1.42. The van der Waals surface area contributed by atoms with Gasteiger partial charge in [-0.25, -0.2) is 4.98 Å². The highest BCUT2D eigenvalue weighted by molar-refractivity contribution is 5.83. The van der Waals surface area contributed by atoms with Gasteiger partial charge in [0.25, 0.3) is 5.56 Å². The van der Waals surface area contributed by atoms with Crippen LogP contribution in [-0.2, 0) is 0 Å². The number of nitrogens with zero attached hydrogens (tertiary/aromatic N) is 3. The fourth-order valence-electron chi connectivity index (χ4n) is 2.81. The van der Waals surface area contributed by atoms with Crippen LogP contribution in [0.1, 0.15) is 35.7 Å². The summed E-state index contributed by atoms with van der Waals surface area (Å²) in [5, 5.41) is 0. The van der Waals surface area contributed by atoms with Gasteiger partial charge in [0.15, 0.2) is 6.29 Å². The van der Waals surface area contributed by atoms with Crippen LogP contribution in [0.5, 0.6) is 0 Å². The zero-order valence-electron chi connectivity index (χ0n) is 12.4. The second-order valence-electron chi connectivity index (χ2n) is 5.88. The molecular weight excluding hydrogens is 266 g/mol. The molecule has 0 saturated carbocycles. The third-order valence-corrected chi connectivity index (χ3v) is 4.19. The van der Waals surface area contributed by atoms with Crippen molar-refractivity contribution in [3.63, 3.8) is 0 Å². The first kappa shape index (κ1) is 13.8. The van der Waals surface area contributed by atoms with Gasteiger partial charge in [-0.3, -0.25) is 14.0 Å². The molecule has 2 aromatic heterocycles. The molecule has 0 radical (unpaired) electrons. The van der Waals surface area contributed by atoms with Crippen molar-refractivity contribution in [1.82, 2.24) is 9.38 Å². The molecule has 1 saturated heterocycles. The number of hydrogen-bond acceptors (Lipinski definition) is 4. The standard InChI is InChI=1S/C16H19N3O2/c1-11-5-7-18(8-6-11)15-13(10-20)16(21)19-9-12(2)3-4-14(19)17-15/h3-4,9-11H,5-8H2,1-2H3. The van der Waals surface area contributed by atoms with Crippen LogP contribution in [0.3, 0.4) is 0 Å². The lowest BCUT2D eigenvalue weighted by Crippen LogP contribution is -2.36. The van der Waals surface area contributed by atoms with E-state index in [-0.39, 0.29) is 11.1 Å². The normalized spacial score (nSPS) is 16.4. The van der Waals surface area contributed by atoms with Crippen LogP contribution in [0.2, 0.25) is 0 Å². The van der Waals surface area contributed by atoms with E-state index in [1.165, 1.54) is 4.40 Å². The molecule has 0 aromatic carbocycles. The third-order valence-electron chi connectivity index (χ3n) is 4.19. The number of rotatable bonds is 2. The molecule has 0 bridgehead atoms. The van der Waals surface area contributed by atoms with Gasteiger partial charge in [-0.15, -0.1) is 0 Å². The van der Waals surface area contributed by atoms with Crippen molar-refractivity contribution in [2.45, 2.75) is 26.7 Å². The predicted octanol–water partition coefficient (Wildman–Crippen LogP) is 2.05. The highest BCUT2D eigenvalue weighted by Crippen LogP contribution is 2.23. The van der Waals surface area contributed by atoms with E-state index in [9.17, 15) is 9.59 Å². The molecule has 1 aliphatic rings. The molecular formula is C16H19N3O2. The largest absolute Gasteiger partial charge is 0.356 e. The second kappa shape index (κ2) is 5.31. The maximum atomic E-state index is 12.5. The van der Waals surface area contributed by atoms with E-state index in [4.69, 9.17) is 0 Å². The number of pyridine rings is 1. The first-order chi connectivity index (χ1) is 10.1. The summed E-state index contributed by atoms with van der Waals surface area (Å²) < 4.78 is 1.45. The number of aryl methyl sites for hydroxylation is 1. The smallest absolute Gasteiger partial charge is 0.270 e. The first-order valence-corrected chi connectivity index (χ1v) is 7.33. The van der Waals surface area contributed by atoms with E-state index >= 15 is 0 Å². The summed E-state index contributed by atoms with van der Waals surface area (Å²) in [7, 11) is 0. The SMILES string of the molecule is Cc1ccc2nc(N3CCC(C)CC3)c(C=O)c(=O)n2c1. The minimum Gasteiger partial charge on any atom is -0.356 e. The van der Waals surface area contributed by atoms with Crippen molar-refractivity contribution in [3.8, 4) is 0 Å². The quantitative estimate of drug-likeness (QED) is 0.792. The van der Waals surface area contributed by atoms with Gasteiger partial charge in [-0.1, -0.05) is 13.0 Å². The molecule has 0 unspecified atom stereocenters. The van der Waals surface area contributed by atoms with Crippen LogP contribution in [0.4, 0.5) is 5.82 Å². The van der Waals surface area contributed by atoms with E-state index in [0.29, 0.717) is 23.7 Å². The van der Waals surface area contributed by atoms with E-state index in [1.54, 1.807) is 6.20 Å². The molecule has 5 nitrogen and oxygen atoms in total. The topological polar surface area (TPSA) is 54.7 Å². The maximum absolute atomic E-state index is 12.5. The molecule has 5 heteroatoms. The van der Waals surface area contributed by atoms with Gasteiger partial charge in [-0.05, 0) is 37.3 Å². The number of aldehydes is 1. The van der Waals surface area contributed by atoms with Crippen molar-refractivity contribution >= 4 is 17.8 Å². The van der Waals surface area contributed by atoms with Gasteiger partial charge in [0.2, 0.25) is 0 Å². The summed E-state index contributed by atoms with van der Waals surface area (Å²) in [4.78, 5) is 30.5. The molecule has 0 N–H and O–H groups in total. The highest BCUT2D eigenvalue weighted by Gasteiger charge is 2.22. The molecule has 21 heavy (non-hydrogen) atoms. The molecule has 1 aliphatic heterocycles. The fraction of sp³-hybridized carbons (Fsp3) is 0.438. The van der Waals surface area contributed by atoms with E-state index < -0.39 is 0 Å². The number of fused-ring (bicyclic) bond motifs is 1. The molecule has 0 aliphatic carbocycles. The Labute approximate surface area is 123 Å². The van der Waals surface area contributed by atoms with Gasteiger partial charge in [-0.2, -0.15) is 0 Å². The lowest BCUT2D eigenvalue weighted by molar-refractivity contribution is 0.112. The summed E-state index contributed by atoms with van der Waals surface area (Å²) in [6, 6.07) is 3.74. The summed E-state index contributed by atoms with van der Waals surface area (Å²) >= 11 is 0. The first-order valence-electron chi connectivity index (χ1n) is 7.33. The summed E-state index contributed by atoms with van der Waals surface area (Å²) in [5.74, 6) is 1.22. The minimum atomic E-state index is -0.285. The Morgan fingerprint density at radius 2 is 2.00 bits per heavy atom. The average molecular weight is 285 g/mol. The van der Waals surface area contributed by atoms with Crippen LogP contribution in [0.15, 0.2) is 23.1 Å². The Hall–Kier alpha value is -2.17. The third kappa shape index (κ3) is 2.44. The predicted molar refractivity (Wildman–Crippen MR) is 82.2 cm³/mol. The van der Waals surface area contributed by atoms with E-state index in [2.05, 4.69) is 16.8 Å². The molecule has 3 heterocycles.